The molecular weight excluding hydrogens is 439 g/mol. The molecule has 0 spiro atoms. The molecule has 2 fully saturated rings. The molecule has 6 heteroatoms. The zero-order valence-corrected chi connectivity index (χ0v) is 18.2. The number of ether oxygens (including phenoxy) is 1. The second-order valence-electron chi connectivity index (χ2n) is 7.18. The minimum atomic E-state index is 0. The van der Waals surface area contributed by atoms with Crippen LogP contribution in [0.2, 0.25) is 0 Å². The van der Waals surface area contributed by atoms with Crippen molar-refractivity contribution in [2.75, 3.05) is 45.9 Å². The van der Waals surface area contributed by atoms with Crippen molar-refractivity contribution in [3.63, 3.8) is 0 Å². The summed E-state index contributed by atoms with van der Waals surface area (Å²) >= 11 is 0. The van der Waals surface area contributed by atoms with Gasteiger partial charge in [-0.25, -0.2) is 0 Å². The fourth-order valence-electron chi connectivity index (χ4n) is 3.78. The van der Waals surface area contributed by atoms with Crippen LogP contribution in [0, 0.1) is 6.92 Å². The first-order valence-electron chi connectivity index (χ1n) is 9.67. The van der Waals surface area contributed by atoms with E-state index in [0.29, 0.717) is 12.5 Å². The molecule has 2 heterocycles. The van der Waals surface area contributed by atoms with Crippen LogP contribution in [0.15, 0.2) is 29.3 Å². The summed E-state index contributed by atoms with van der Waals surface area (Å²) in [5.74, 6) is 0.716. The zero-order chi connectivity index (χ0) is 17.5. The number of aryl methyl sites for hydroxylation is 1. The van der Waals surface area contributed by atoms with E-state index in [9.17, 15) is 0 Å². The van der Waals surface area contributed by atoms with Crippen LogP contribution >= 0.6 is 24.0 Å². The van der Waals surface area contributed by atoms with Gasteiger partial charge in [-0.3, -0.25) is 9.89 Å². The van der Waals surface area contributed by atoms with E-state index in [1.54, 1.807) is 0 Å². The highest BCUT2D eigenvalue weighted by Gasteiger charge is 2.23. The van der Waals surface area contributed by atoms with Gasteiger partial charge < -0.3 is 15.4 Å². The molecule has 0 bridgehead atoms. The standard InChI is InChI=1S/C20H32N4O.HI/c1-17-7-6-8-18(15-17)19(23-11-13-25-14-12-23)16-22-20(21)24-9-4-2-3-5-10-24;/h6-8,15,19H,2-5,9-14,16H2,1H3,(H2,21,22);1H. The van der Waals surface area contributed by atoms with Gasteiger partial charge in [0.15, 0.2) is 5.96 Å². The molecule has 2 aliphatic heterocycles. The van der Waals surface area contributed by atoms with Gasteiger partial charge in [-0.05, 0) is 25.3 Å². The van der Waals surface area contributed by atoms with Gasteiger partial charge >= 0.3 is 0 Å². The maximum absolute atomic E-state index is 6.34. The Kier molecular flexibility index (Phi) is 9.15. The molecule has 0 radical (unpaired) electrons. The summed E-state index contributed by atoms with van der Waals surface area (Å²) in [5.41, 5.74) is 8.96. The maximum Gasteiger partial charge on any atom is 0.191 e. The molecule has 1 atom stereocenters. The van der Waals surface area contributed by atoms with Gasteiger partial charge in [0.1, 0.15) is 0 Å². The van der Waals surface area contributed by atoms with E-state index in [4.69, 9.17) is 15.5 Å². The summed E-state index contributed by atoms with van der Waals surface area (Å²) in [6, 6.07) is 9.05. The fraction of sp³-hybridized carbons (Fsp3) is 0.650. The van der Waals surface area contributed by atoms with Gasteiger partial charge in [-0.1, -0.05) is 42.7 Å². The number of nitrogens with two attached hydrogens (primary N) is 1. The second kappa shape index (κ2) is 11.1. The van der Waals surface area contributed by atoms with Gasteiger partial charge in [-0.15, -0.1) is 24.0 Å². The summed E-state index contributed by atoms with van der Waals surface area (Å²) < 4.78 is 5.53. The van der Waals surface area contributed by atoms with Gasteiger partial charge in [0.05, 0.1) is 25.8 Å². The van der Waals surface area contributed by atoms with Gasteiger partial charge in [0.25, 0.3) is 0 Å². The number of benzene rings is 1. The third kappa shape index (κ3) is 6.09. The molecule has 0 amide bonds. The SMILES string of the molecule is Cc1cccc(C(CN=C(N)N2CCCCCC2)N2CCOCC2)c1.I. The van der Waals surface area contributed by atoms with Crippen molar-refractivity contribution < 1.29 is 4.74 Å². The van der Waals surface area contributed by atoms with E-state index in [0.717, 1.165) is 39.4 Å². The Labute approximate surface area is 175 Å². The minimum absolute atomic E-state index is 0. The largest absolute Gasteiger partial charge is 0.379 e. The van der Waals surface area contributed by atoms with Crippen LogP contribution in [0.25, 0.3) is 0 Å². The number of morpholine rings is 1. The van der Waals surface area contributed by atoms with Crippen LogP contribution in [0.4, 0.5) is 0 Å². The summed E-state index contributed by atoms with van der Waals surface area (Å²) in [7, 11) is 0. The smallest absolute Gasteiger partial charge is 0.191 e. The molecular formula is C20H33IN4O. The Hall–Kier alpha value is -0.860. The molecule has 2 N–H and O–H groups in total. The average Bonchev–Trinajstić information content (AvgIpc) is 2.92. The number of aliphatic imine (C=N–C) groups is 1. The number of nitrogens with zero attached hydrogens (tertiary/aromatic N) is 3. The van der Waals surface area contributed by atoms with Gasteiger partial charge in [0, 0.05) is 26.2 Å². The van der Waals surface area contributed by atoms with Crippen molar-refractivity contribution in [3.05, 3.63) is 35.4 Å². The molecule has 1 aromatic carbocycles. The highest BCUT2D eigenvalue weighted by atomic mass is 127. The quantitative estimate of drug-likeness (QED) is 0.416. The van der Waals surface area contributed by atoms with Crippen molar-refractivity contribution in [2.24, 2.45) is 10.7 Å². The number of hydrogen-bond acceptors (Lipinski definition) is 3. The Morgan fingerprint density at radius 2 is 1.81 bits per heavy atom. The van der Waals surface area contributed by atoms with Crippen LogP contribution in [0.5, 0.6) is 0 Å². The molecule has 5 nitrogen and oxygen atoms in total. The molecule has 0 aliphatic carbocycles. The van der Waals surface area contributed by atoms with E-state index >= 15 is 0 Å². The predicted octanol–water partition coefficient (Wildman–Crippen LogP) is 3.18. The van der Waals surface area contributed by atoms with Crippen molar-refractivity contribution in [1.82, 2.24) is 9.80 Å². The Balaban J connectivity index is 0.00000243. The first kappa shape index (κ1) is 21.4. The average molecular weight is 472 g/mol. The lowest BCUT2D eigenvalue weighted by molar-refractivity contribution is 0.0179. The highest BCUT2D eigenvalue weighted by Crippen LogP contribution is 2.23. The van der Waals surface area contributed by atoms with Crippen LogP contribution in [0.1, 0.15) is 42.9 Å². The van der Waals surface area contributed by atoms with Crippen molar-refractivity contribution in [3.8, 4) is 0 Å². The zero-order valence-electron chi connectivity index (χ0n) is 15.9. The molecule has 0 saturated carbocycles. The summed E-state index contributed by atoms with van der Waals surface area (Å²) in [6.07, 6.45) is 5.06. The maximum atomic E-state index is 6.34. The monoisotopic (exact) mass is 472 g/mol. The normalized spacial score (nSPS) is 21.0. The number of rotatable bonds is 4. The van der Waals surface area contributed by atoms with E-state index in [-0.39, 0.29) is 30.0 Å². The van der Waals surface area contributed by atoms with E-state index in [1.807, 2.05) is 0 Å². The fourth-order valence-corrected chi connectivity index (χ4v) is 3.78. The third-order valence-electron chi connectivity index (χ3n) is 5.27. The molecule has 2 aliphatic rings. The number of halogens is 1. The first-order chi connectivity index (χ1) is 12.2. The molecule has 0 aromatic heterocycles. The van der Waals surface area contributed by atoms with E-state index < -0.39 is 0 Å². The van der Waals surface area contributed by atoms with Crippen molar-refractivity contribution >= 4 is 29.9 Å². The number of guanidine groups is 1. The first-order valence-corrected chi connectivity index (χ1v) is 9.67. The Morgan fingerprint density at radius 1 is 1.12 bits per heavy atom. The number of likely N-dealkylation sites (tertiary alicyclic amines) is 1. The summed E-state index contributed by atoms with van der Waals surface area (Å²) in [4.78, 5) is 9.56. The van der Waals surface area contributed by atoms with Crippen LogP contribution in [0.3, 0.4) is 0 Å². The summed E-state index contributed by atoms with van der Waals surface area (Å²) in [5, 5.41) is 0. The lowest BCUT2D eigenvalue weighted by Crippen LogP contribution is -2.42. The molecule has 26 heavy (non-hydrogen) atoms. The topological polar surface area (TPSA) is 54.1 Å². The Bertz CT molecular complexity index is 567. The van der Waals surface area contributed by atoms with Crippen molar-refractivity contribution in [2.45, 2.75) is 38.6 Å². The summed E-state index contributed by atoms with van der Waals surface area (Å²) in [6.45, 7) is 8.46. The van der Waals surface area contributed by atoms with Crippen LogP contribution < -0.4 is 5.73 Å². The van der Waals surface area contributed by atoms with Gasteiger partial charge in [-0.2, -0.15) is 0 Å². The molecule has 2 saturated heterocycles. The Morgan fingerprint density at radius 3 is 2.46 bits per heavy atom. The van der Waals surface area contributed by atoms with Crippen LogP contribution in [-0.4, -0.2) is 61.7 Å². The lowest BCUT2D eigenvalue weighted by atomic mass is 10.0. The second-order valence-corrected chi connectivity index (χ2v) is 7.18. The van der Waals surface area contributed by atoms with Crippen molar-refractivity contribution in [1.29, 1.82) is 0 Å². The van der Waals surface area contributed by atoms with E-state index in [2.05, 4.69) is 41.0 Å². The molecule has 146 valence electrons. The van der Waals surface area contributed by atoms with Crippen LogP contribution in [-0.2, 0) is 4.74 Å². The minimum Gasteiger partial charge on any atom is -0.379 e. The molecule has 3 rings (SSSR count). The van der Waals surface area contributed by atoms with E-state index in [1.165, 1.54) is 36.8 Å². The predicted molar refractivity (Wildman–Crippen MR) is 118 cm³/mol. The molecule has 1 aromatic rings. The number of hydrogen-bond donors (Lipinski definition) is 1. The lowest BCUT2D eigenvalue weighted by Gasteiger charge is -2.34. The van der Waals surface area contributed by atoms with Gasteiger partial charge in [0.2, 0.25) is 0 Å². The molecule has 1 unspecified atom stereocenters. The highest BCUT2D eigenvalue weighted by molar-refractivity contribution is 14.0. The third-order valence-corrected chi connectivity index (χ3v) is 5.27.